The van der Waals surface area contributed by atoms with Crippen LogP contribution in [0.1, 0.15) is 22.8 Å². The highest BCUT2D eigenvalue weighted by molar-refractivity contribution is 7.99. The Morgan fingerprint density at radius 3 is 2.87 bits per heavy atom. The van der Waals surface area contributed by atoms with E-state index < -0.39 is 0 Å². The lowest BCUT2D eigenvalue weighted by molar-refractivity contribution is -0.113. The Hall–Kier alpha value is -2.43. The number of hydrogen-bond donors (Lipinski definition) is 1. The third-order valence-corrected chi connectivity index (χ3v) is 6.11. The lowest BCUT2D eigenvalue weighted by Crippen LogP contribution is -2.14. The summed E-state index contributed by atoms with van der Waals surface area (Å²) >= 11 is 8.64. The van der Waals surface area contributed by atoms with Gasteiger partial charge in [-0.15, -0.1) is 27.0 Å². The van der Waals surface area contributed by atoms with E-state index in [4.69, 9.17) is 16.3 Å². The molecule has 2 heterocycles. The number of allylic oxidation sites excluding steroid dienone is 1. The standard InChI is InChI=1S/C20H23ClN6O2S2/c1-4-9-27-17(6-5-10-29-16-8-7-15(21)11-13(16)2)24-26-20(27)30-12-18(28)22-19-25-23-14(3)31-19/h4,7-8,11H,1,5-6,9-10,12H2,2-3H3,(H,22,25,28). The number of rotatable bonds is 11. The van der Waals surface area contributed by atoms with Crippen molar-refractivity contribution in [2.75, 3.05) is 17.7 Å². The molecule has 2 aromatic heterocycles. The maximum absolute atomic E-state index is 12.2. The van der Waals surface area contributed by atoms with E-state index in [9.17, 15) is 4.79 Å². The number of ether oxygens (including phenoxy) is 1. The first kappa shape index (κ1) is 23.2. The summed E-state index contributed by atoms with van der Waals surface area (Å²) in [4.78, 5) is 12.2. The summed E-state index contributed by atoms with van der Waals surface area (Å²) < 4.78 is 7.82. The van der Waals surface area contributed by atoms with Gasteiger partial charge < -0.3 is 9.30 Å². The molecule has 0 aliphatic rings. The van der Waals surface area contributed by atoms with Gasteiger partial charge in [0.15, 0.2) is 5.16 Å². The molecule has 0 spiro atoms. The van der Waals surface area contributed by atoms with E-state index in [2.05, 4.69) is 32.3 Å². The molecule has 3 aromatic rings. The van der Waals surface area contributed by atoms with Crippen molar-refractivity contribution in [3.05, 3.63) is 52.3 Å². The second-order valence-electron chi connectivity index (χ2n) is 6.62. The van der Waals surface area contributed by atoms with Crippen molar-refractivity contribution in [1.29, 1.82) is 0 Å². The van der Waals surface area contributed by atoms with E-state index in [1.165, 1.54) is 23.1 Å². The van der Waals surface area contributed by atoms with Gasteiger partial charge in [0.05, 0.1) is 12.4 Å². The monoisotopic (exact) mass is 478 g/mol. The third kappa shape index (κ3) is 6.78. The third-order valence-electron chi connectivity index (χ3n) is 4.15. The Morgan fingerprint density at radius 2 is 2.16 bits per heavy atom. The number of nitrogens with one attached hydrogen (secondary N) is 1. The van der Waals surface area contributed by atoms with Gasteiger partial charge in [0.2, 0.25) is 11.0 Å². The normalized spacial score (nSPS) is 10.8. The van der Waals surface area contributed by atoms with Crippen LogP contribution in [0.3, 0.4) is 0 Å². The molecule has 8 nitrogen and oxygen atoms in total. The number of hydrogen-bond acceptors (Lipinski definition) is 8. The molecule has 1 N–H and O–H groups in total. The summed E-state index contributed by atoms with van der Waals surface area (Å²) in [6.07, 6.45) is 3.26. The molecule has 3 rings (SSSR count). The van der Waals surface area contributed by atoms with E-state index in [-0.39, 0.29) is 11.7 Å². The molecule has 0 radical (unpaired) electrons. The fraction of sp³-hybridized carbons (Fsp3) is 0.350. The molecular weight excluding hydrogens is 456 g/mol. The summed E-state index contributed by atoms with van der Waals surface area (Å²) in [6, 6.07) is 5.57. The minimum atomic E-state index is -0.164. The lowest BCUT2D eigenvalue weighted by Gasteiger charge is -2.10. The van der Waals surface area contributed by atoms with Crippen molar-refractivity contribution in [2.45, 2.75) is 38.4 Å². The van der Waals surface area contributed by atoms with Crippen molar-refractivity contribution >= 4 is 45.7 Å². The average Bonchev–Trinajstić information content (AvgIpc) is 3.31. The van der Waals surface area contributed by atoms with Crippen LogP contribution in [0.25, 0.3) is 0 Å². The highest BCUT2D eigenvalue weighted by Gasteiger charge is 2.14. The van der Waals surface area contributed by atoms with Gasteiger partial charge in [-0.25, -0.2) is 0 Å². The van der Waals surface area contributed by atoms with Crippen LogP contribution in [0.5, 0.6) is 5.75 Å². The Labute approximate surface area is 194 Å². The van der Waals surface area contributed by atoms with Gasteiger partial charge in [-0.3, -0.25) is 10.1 Å². The van der Waals surface area contributed by atoms with Crippen molar-refractivity contribution in [3.63, 3.8) is 0 Å². The van der Waals surface area contributed by atoms with Gasteiger partial charge in [0, 0.05) is 18.0 Å². The molecular formula is C20H23ClN6O2S2. The van der Waals surface area contributed by atoms with Crippen LogP contribution in [0.4, 0.5) is 5.13 Å². The Bertz CT molecular complexity index is 1050. The highest BCUT2D eigenvalue weighted by atomic mass is 35.5. The van der Waals surface area contributed by atoms with Crippen LogP contribution >= 0.6 is 34.7 Å². The van der Waals surface area contributed by atoms with E-state index in [0.717, 1.165) is 28.6 Å². The molecule has 0 atom stereocenters. The number of benzene rings is 1. The van der Waals surface area contributed by atoms with Crippen LogP contribution in [0.15, 0.2) is 36.0 Å². The topological polar surface area (TPSA) is 94.8 Å². The van der Waals surface area contributed by atoms with Gasteiger partial charge in [-0.2, -0.15) is 0 Å². The second-order valence-corrected chi connectivity index (χ2v) is 9.18. The van der Waals surface area contributed by atoms with Gasteiger partial charge in [-0.05, 0) is 44.0 Å². The molecule has 11 heteroatoms. The van der Waals surface area contributed by atoms with E-state index in [1.54, 1.807) is 6.08 Å². The first-order valence-electron chi connectivity index (χ1n) is 9.61. The SMILES string of the molecule is C=CCn1c(CCCOc2ccc(Cl)cc2C)nnc1SCC(=O)Nc1nnc(C)s1. The Morgan fingerprint density at radius 1 is 1.32 bits per heavy atom. The van der Waals surface area contributed by atoms with Crippen molar-refractivity contribution in [2.24, 2.45) is 0 Å². The molecule has 0 saturated heterocycles. The maximum Gasteiger partial charge on any atom is 0.236 e. The van der Waals surface area contributed by atoms with Gasteiger partial charge >= 0.3 is 0 Å². The molecule has 1 amide bonds. The van der Waals surface area contributed by atoms with Gasteiger partial charge in [-0.1, -0.05) is 40.8 Å². The molecule has 0 saturated carbocycles. The maximum atomic E-state index is 12.2. The molecule has 0 aliphatic heterocycles. The number of thioether (sulfide) groups is 1. The molecule has 164 valence electrons. The van der Waals surface area contributed by atoms with Crippen molar-refractivity contribution < 1.29 is 9.53 Å². The van der Waals surface area contributed by atoms with Crippen LogP contribution in [-0.4, -0.2) is 43.2 Å². The van der Waals surface area contributed by atoms with Crippen LogP contribution < -0.4 is 10.1 Å². The molecule has 0 bridgehead atoms. The smallest absolute Gasteiger partial charge is 0.236 e. The lowest BCUT2D eigenvalue weighted by atomic mass is 10.2. The molecule has 31 heavy (non-hydrogen) atoms. The number of amides is 1. The van der Waals surface area contributed by atoms with Gasteiger partial charge in [0.1, 0.15) is 16.6 Å². The largest absolute Gasteiger partial charge is 0.493 e. The summed E-state index contributed by atoms with van der Waals surface area (Å²) in [5.41, 5.74) is 1.00. The van der Waals surface area contributed by atoms with Crippen LogP contribution in [-0.2, 0) is 17.8 Å². The first-order valence-corrected chi connectivity index (χ1v) is 11.8. The first-order chi connectivity index (χ1) is 15.0. The summed E-state index contributed by atoms with van der Waals surface area (Å²) in [5, 5.41) is 21.7. The quantitative estimate of drug-likeness (QED) is 0.249. The minimum Gasteiger partial charge on any atom is -0.493 e. The zero-order chi connectivity index (χ0) is 22.2. The summed E-state index contributed by atoms with van der Waals surface area (Å²) in [7, 11) is 0. The fourth-order valence-corrected chi connectivity index (χ4v) is 4.34. The molecule has 0 unspecified atom stereocenters. The number of halogens is 1. The minimum absolute atomic E-state index is 0.164. The molecule has 0 fully saturated rings. The Kier molecular flexibility index (Phi) is 8.44. The number of carbonyl (C=O) groups excluding carboxylic acids is 1. The summed E-state index contributed by atoms with van der Waals surface area (Å²) in [6.45, 7) is 8.73. The number of anilines is 1. The number of aromatic nitrogens is 5. The summed E-state index contributed by atoms with van der Waals surface area (Å²) in [5.74, 6) is 1.69. The highest BCUT2D eigenvalue weighted by Crippen LogP contribution is 2.23. The predicted octanol–water partition coefficient (Wildman–Crippen LogP) is 4.33. The predicted molar refractivity (Wildman–Crippen MR) is 124 cm³/mol. The number of aryl methyl sites for hydroxylation is 3. The second kappa shape index (κ2) is 11.3. The van der Waals surface area contributed by atoms with Crippen molar-refractivity contribution in [3.8, 4) is 5.75 Å². The number of nitrogens with zero attached hydrogens (tertiary/aromatic N) is 5. The zero-order valence-electron chi connectivity index (χ0n) is 17.3. The average molecular weight is 479 g/mol. The van der Waals surface area contributed by atoms with E-state index >= 15 is 0 Å². The fourth-order valence-electron chi connectivity index (χ4n) is 2.74. The van der Waals surface area contributed by atoms with Gasteiger partial charge in [0.25, 0.3) is 0 Å². The molecule has 0 aliphatic carbocycles. The number of carbonyl (C=O) groups is 1. The zero-order valence-corrected chi connectivity index (χ0v) is 19.7. The van der Waals surface area contributed by atoms with E-state index in [1.807, 2.05) is 36.6 Å². The van der Waals surface area contributed by atoms with Crippen LogP contribution in [0.2, 0.25) is 5.02 Å². The molecule has 1 aromatic carbocycles. The van der Waals surface area contributed by atoms with Crippen LogP contribution in [0, 0.1) is 13.8 Å². The van der Waals surface area contributed by atoms with Crippen molar-refractivity contribution in [1.82, 2.24) is 25.0 Å². The Balaban J connectivity index is 1.51. The van der Waals surface area contributed by atoms with E-state index in [0.29, 0.717) is 34.9 Å².